The van der Waals surface area contributed by atoms with Gasteiger partial charge < -0.3 is 15.2 Å². The van der Waals surface area contributed by atoms with E-state index in [0.29, 0.717) is 18.6 Å². The van der Waals surface area contributed by atoms with Crippen molar-refractivity contribution in [2.45, 2.75) is 43.8 Å². The van der Waals surface area contributed by atoms with Gasteiger partial charge in [-0.2, -0.15) is 18.4 Å². The van der Waals surface area contributed by atoms with E-state index >= 15 is 0 Å². The summed E-state index contributed by atoms with van der Waals surface area (Å²) in [5.74, 6) is -0.351. The lowest BCUT2D eigenvalue weighted by molar-refractivity contribution is -0.136. The molecule has 1 heterocycles. The molecule has 3 rings (SSSR count). The Labute approximate surface area is 148 Å². The zero-order chi connectivity index (χ0) is 18.9. The number of carbonyl (C=O) groups is 1. The van der Waals surface area contributed by atoms with Crippen LogP contribution in [0.2, 0.25) is 0 Å². The second-order valence-electron chi connectivity index (χ2n) is 6.53. The number of alkyl halides is 3. The number of aryl methyl sites for hydroxylation is 1. The lowest BCUT2D eigenvalue weighted by Gasteiger charge is -2.34. The quantitative estimate of drug-likeness (QED) is 0.800. The van der Waals surface area contributed by atoms with Crippen molar-refractivity contribution in [2.75, 3.05) is 6.61 Å². The van der Waals surface area contributed by atoms with Crippen molar-refractivity contribution < 1.29 is 27.8 Å². The van der Waals surface area contributed by atoms with Gasteiger partial charge in [-0.1, -0.05) is 6.07 Å². The molecular weight excluding hydrogens is 349 g/mol. The molecule has 2 aliphatic rings. The molecule has 1 aromatic carbocycles. The Balaban J connectivity index is 1.72. The molecule has 26 heavy (non-hydrogen) atoms. The summed E-state index contributed by atoms with van der Waals surface area (Å²) < 4.78 is 41.8. The average molecular weight is 366 g/mol. The SMILES string of the molecule is N#CC1=C(O)C[C@]2(CCc3cc(OCCCC(F)(F)F)ccc32)NC1=O. The lowest BCUT2D eigenvalue weighted by Crippen LogP contribution is -2.48. The Morgan fingerprint density at radius 3 is 2.81 bits per heavy atom. The zero-order valence-electron chi connectivity index (χ0n) is 13.8. The molecule has 0 unspecified atom stereocenters. The first-order valence-corrected chi connectivity index (χ1v) is 8.22. The van der Waals surface area contributed by atoms with Crippen LogP contribution in [0.4, 0.5) is 13.2 Å². The van der Waals surface area contributed by atoms with Crippen molar-refractivity contribution in [1.82, 2.24) is 5.32 Å². The molecule has 1 aromatic rings. The van der Waals surface area contributed by atoms with E-state index in [1.807, 2.05) is 0 Å². The van der Waals surface area contributed by atoms with Gasteiger partial charge in [0.25, 0.3) is 5.91 Å². The summed E-state index contributed by atoms with van der Waals surface area (Å²) in [5.41, 5.74) is 0.712. The topological polar surface area (TPSA) is 82.3 Å². The standard InChI is InChI=1S/C18H17F3N2O3/c19-18(20,21)5-1-7-26-12-2-3-14-11(8-12)4-6-17(14)9-15(24)13(10-22)16(25)23-17/h2-3,8,24H,1,4-7,9H2,(H,23,25)/t17-/m0/s1. The maximum Gasteiger partial charge on any atom is 0.389 e. The molecule has 0 bridgehead atoms. The van der Waals surface area contributed by atoms with Gasteiger partial charge >= 0.3 is 6.18 Å². The van der Waals surface area contributed by atoms with Crippen molar-refractivity contribution in [3.8, 4) is 11.8 Å². The Morgan fingerprint density at radius 1 is 1.38 bits per heavy atom. The van der Waals surface area contributed by atoms with Crippen molar-refractivity contribution in [3.63, 3.8) is 0 Å². The average Bonchev–Trinajstić information content (AvgIpc) is 2.88. The number of aliphatic hydroxyl groups is 1. The fourth-order valence-corrected chi connectivity index (χ4v) is 3.54. The van der Waals surface area contributed by atoms with Crippen LogP contribution in [0, 0.1) is 11.3 Å². The maximum atomic E-state index is 12.1. The molecule has 1 aliphatic heterocycles. The van der Waals surface area contributed by atoms with E-state index in [0.717, 1.165) is 11.1 Å². The third kappa shape index (κ3) is 3.47. The highest BCUT2D eigenvalue weighted by Crippen LogP contribution is 2.44. The minimum absolute atomic E-state index is 0.0325. The summed E-state index contributed by atoms with van der Waals surface area (Å²) >= 11 is 0. The predicted octanol–water partition coefficient (Wildman–Crippen LogP) is 3.40. The Kier molecular flexibility index (Phi) is 4.57. The summed E-state index contributed by atoms with van der Waals surface area (Å²) in [4.78, 5) is 12.1. The normalized spacial score (nSPS) is 22.2. The number of halogens is 3. The highest BCUT2D eigenvalue weighted by atomic mass is 19.4. The van der Waals surface area contributed by atoms with Gasteiger partial charge in [0.1, 0.15) is 17.6 Å². The Morgan fingerprint density at radius 2 is 2.15 bits per heavy atom. The number of nitrogens with zero attached hydrogens (tertiary/aromatic N) is 1. The maximum absolute atomic E-state index is 12.1. The molecule has 1 spiro atoms. The fourth-order valence-electron chi connectivity index (χ4n) is 3.54. The number of nitriles is 1. The second kappa shape index (κ2) is 6.56. The molecule has 2 N–H and O–H groups in total. The minimum atomic E-state index is -4.19. The summed E-state index contributed by atoms with van der Waals surface area (Å²) in [6.45, 7) is -0.0325. The Bertz CT molecular complexity index is 811. The van der Waals surface area contributed by atoms with E-state index in [1.54, 1.807) is 24.3 Å². The van der Waals surface area contributed by atoms with E-state index in [2.05, 4.69) is 5.32 Å². The number of nitrogens with one attached hydrogen (secondary N) is 1. The first-order chi connectivity index (χ1) is 12.2. The fraction of sp³-hybridized carbons (Fsp3) is 0.444. The van der Waals surface area contributed by atoms with E-state index < -0.39 is 24.0 Å². The molecule has 1 amide bonds. The van der Waals surface area contributed by atoms with Crippen LogP contribution in [-0.4, -0.2) is 23.8 Å². The lowest BCUT2D eigenvalue weighted by atomic mass is 9.83. The van der Waals surface area contributed by atoms with Crippen LogP contribution in [0.25, 0.3) is 0 Å². The zero-order valence-corrected chi connectivity index (χ0v) is 13.8. The van der Waals surface area contributed by atoms with Crippen LogP contribution in [0.3, 0.4) is 0 Å². The largest absolute Gasteiger partial charge is 0.511 e. The molecule has 0 saturated carbocycles. The van der Waals surface area contributed by atoms with Gasteiger partial charge in [0.15, 0.2) is 5.57 Å². The number of rotatable bonds is 4. The third-order valence-electron chi connectivity index (χ3n) is 4.74. The van der Waals surface area contributed by atoms with Crippen LogP contribution >= 0.6 is 0 Å². The number of benzene rings is 1. The van der Waals surface area contributed by atoms with Gasteiger partial charge in [-0.25, -0.2) is 0 Å². The number of aliphatic hydroxyl groups excluding tert-OH is 1. The van der Waals surface area contributed by atoms with Gasteiger partial charge in [0.05, 0.1) is 12.1 Å². The first-order valence-electron chi connectivity index (χ1n) is 8.22. The van der Waals surface area contributed by atoms with Crippen molar-refractivity contribution >= 4 is 5.91 Å². The van der Waals surface area contributed by atoms with E-state index in [-0.39, 0.29) is 30.8 Å². The molecule has 0 radical (unpaired) electrons. The van der Waals surface area contributed by atoms with E-state index in [9.17, 15) is 23.1 Å². The number of carbonyl (C=O) groups excluding carboxylic acids is 1. The molecule has 0 saturated heterocycles. The summed E-state index contributed by atoms with van der Waals surface area (Å²) in [7, 11) is 0. The monoisotopic (exact) mass is 366 g/mol. The number of ether oxygens (including phenoxy) is 1. The van der Waals surface area contributed by atoms with Crippen molar-refractivity contribution in [3.05, 3.63) is 40.7 Å². The molecular formula is C18H17F3N2O3. The first kappa shape index (κ1) is 18.1. The van der Waals surface area contributed by atoms with Crippen LogP contribution in [0.5, 0.6) is 5.75 Å². The van der Waals surface area contributed by atoms with Gasteiger partial charge in [-0.3, -0.25) is 4.79 Å². The number of hydrogen-bond acceptors (Lipinski definition) is 4. The number of fused-ring (bicyclic) bond motifs is 2. The Hall–Kier alpha value is -2.69. The van der Waals surface area contributed by atoms with E-state index in [4.69, 9.17) is 10.00 Å². The van der Waals surface area contributed by atoms with Gasteiger partial charge in [-0.05, 0) is 42.5 Å². The number of hydrogen-bond donors (Lipinski definition) is 2. The molecule has 0 aromatic heterocycles. The molecule has 0 fully saturated rings. The molecule has 5 nitrogen and oxygen atoms in total. The van der Waals surface area contributed by atoms with Crippen LogP contribution in [0.15, 0.2) is 29.5 Å². The predicted molar refractivity (Wildman–Crippen MR) is 85.3 cm³/mol. The smallest absolute Gasteiger partial charge is 0.389 e. The highest BCUT2D eigenvalue weighted by Gasteiger charge is 2.45. The van der Waals surface area contributed by atoms with Gasteiger partial charge in [0.2, 0.25) is 0 Å². The highest BCUT2D eigenvalue weighted by molar-refractivity contribution is 5.99. The minimum Gasteiger partial charge on any atom is -0.511 e. The van der Waals surface area contributed by atoms with Crippen molar-refractivity contribution in [1.29, 1.82) is 5.26 Å². The van der Waals surface area contributed by atoms with Gasteiger partial charge in [0, 0.05) is 12.8 Å². The van der Waals surface area contributed by atoms with Crippen molar-refractivity contribution in [2.24, 2.45) is 0 Å². The van der Waals surface area contributed by atoms with Crippen LogP contribution in [-0.2, 0) is 16.8 Å². The molecule has 1 aliphatic carbocycles. The second-order valence-corrected chi connectivity index (χ2v) is 6.53. The number of amides is 1. The molecule has 8 heteroatoms. The molecule has 138 valence electrons. The van der Waals surface area contributed by atoms with E-state index in [1.165, 1.54) is 0 Å². The summed E-state index contributed by atoms with van der Waals surface area (Å²) in [6, 6.07) is 6.86. The third-order valence-corrected chi connectivity index (χ3v) is 4.74. The van der Waals surface area contributed by atoms with Crippen LogP contribution < -0.4 is 10.1 Å². The summed E-state index contributed by atoms with van der Waals surface area (Å²) in [5, 5.41) is 21.8. The van der Waals surface area contributed by atoms with Gasteiger partial charge in [-0.15, -0.1) is 0 Å². The van der Waals surface area contributed by atoms with Crippen LogP contribution in [0.1, 0.15) is 36.8 Å². The molecule has 1 atom stereocenters. The summed E-state index contributed by atoms with van der Waals surface area (Å²) in [6.07, 6.45) is -3.86.